The lowest BCUT2D eigenvalue weighted by atomic mass is 9.67. The number of hydrogen-bond donors (Lipinski definition) is 1. The summed E-state index contributed by atoms with van der Waals surface area (Å²) in [5, 5.41) is 3.89. The molecule has 90 valence electrons. The van der Waals surface area contributed by atoms with Gasteiger partial charge in [-0.25, -0.2) is 4.98 Å². The second kappa shape index (κ2) is 4.38. The van der Waals surface area contributed by atoms with Crippen molar-refractivity contribution in [3.05, 3.63) is 18.2 Å². The molecule has 0 amide bonds. The fraction of sp³-hybridized carbons (Fsp3) is 0.750. The fourth-order valence-electron chi connectivity index (χ4n) is 2.22. The third-order valence-electron chi connectivity index (χ3n) is 3.82. The number of nitrogens with one attached hydrogen (secondary N) is 1. The largest absolute Gasteiger partial charge is 0.334 e. The van der Waals surface area contributed by atoms with Crippen LogP contribution in [0.5, 0.6) is 0 Å². The Morgan fingerprint density at radius 1 is 1.62 bits per heavy atom. The predicted octanol–water partition coefficient (Wildman–Crippen LogP) is 2.19. The number of aryl methyl sites for hydroxylation is 1. The highest BCUT2D eigenvalue weighted by Gasteiger charge is 2.46. The standard InChI is InChI=1S/C12H20ClN3/c1-9-14-4-6-16(9)7-5-15-11-8-10(13)12(11,2)3/h4,6,10-11,15H,5,7-8H2,1-3H3. The Labute approximate surface area is 102 Å². The van der Waals surface area contributed by atoms with Gasteiger partial charge in [-0.2, -0.15) is 0 Å². The highest BCUT2D eigenvalue weighted by molar-refractivity contribution is 6.21. The van der Waals surface area contributed by atoms with E-state index in [1.54, 1.807) is 0 Å². The molecule has 3 nitrogen and oxygen atoms in total. The van der Waals surface area contributed by atoms with Crippen LogP contribution >= 0.6 is 11.6 Å². The van der Waals surface area contributed by atoms with Crippen LogP contribution in [-0.4, -0.2) is 27.5 Å². The number of nitrogens with zero attached hydrogens (tertiary/aromatic N) is 2. The van der Waals surface area contributed by atoms with Crippen molar-refractivity contribution in [1.29, 1.82) is 0 Å². The summed E-state index contributed by atoms with van der Waals surface area (Å²) in [5.74, 6) is 1.07. The average Bonchev–Trinajstić information content (AvgIpc) is 2.63. The minimum atomic E-state index is 0.228. The van der Waals surface area contributed by atoms with Crippen LogP contribution in [0.4, 0.5) is 0 Å². The van der Waals surface area contributed by atoms with E-state index in [1.807, 2.05) is 19.3 Å². The van der Waals surface area contributed by atoms with E-state index in [0.717, 1.165) is 25.3 Å². The zero-order valence-electron chi connectivity index (χ0n) is 10.2. The van der Waals surface area contributed by atoms with Crippen LogP contribution < -0.4 is 5.32 Å². The number of alkyl halides is 1. The van der Waals surface area contributed by atoms with Crippen molar-refractivity contribution >= 4 is 11.6 Å². The molecule has 1 aromatic rings. The van der Waals surface area contributed by atoms with Gasteiger partial charge in [0.1, 0.15) is 5.82 Å². The van der Waals surface area contributed by atoms with Gasteiger partial charge in [-0.05, 0) is 18.8 Å². The molecule has 2 rings (SSSR count). The quantitative estimate of drug-likeness (QED) is 0.819. The maximum atomic E-state index is 6.18. The Bertz CT molecular complexity index is 359. The molecule has 1 fully saturated rings. The molecule has 2 unspecified atom stereocenters. The van der Waals surface area contributed by atoms with Gasteiger partial charge in [-0.3, -0.25) is 0 Å². The first-order chi connectivity index (χ1) is 7.51. The first-order valence-electron chi connectivity index (χ1n) is 5.87. The molecule has 1 aliphatic carbocycles. The Kier molecular flexibility index (Phi) is 3.27. The Hall–Kier alpha value is -0.540. The summed E-state index contributed by atoms with van der Waals surface area (Å²) >= 11 is 6.18. The van der Waals surface area contributed by atoms with Gasteiger partial charge in [0, 0.05) is 36.9 Å². The molecule has 0 aromatic carbocycles. The molecular formula is C12H20ClN3. The van der Waals surface area contributed by atoms with Crippen LogP contribution in [-0.2, 0) is 6.54 Å². The van der Waals surface area contributed by atoms with E-state index < -0.39 is 0 Å². The molecule has 1 aliphatic rings. The lowest BCUT2D eigenvalue weighted by molar-refractivity contribution is 0.116. The molecule has 1 saturated carbocycles. The van der Waals surface area contributed by atoms with Crippen LogP contribution in [0.2, 0.25) is 0 Å². The summed E-state index contributed by atoms with van der Waals surface area (Å²) in [4.78, 5) is 4.20. The average molecular weight is 242 g/mol. The van der Waals surface area contributed by atoms with Gasteiger partial charge in [0.05, 0.1) is 0 Å². The molecule has 1 N–H and O–H groups in total. The smallest absolute Gasteiger partial charge is 0.105 e. The fourth-order valence-corrected chi connectivity index (χ4v) is 2.55. The van der Waals surface area contributed by atoms with E-state index in [1.165, 1.54) is 0 Å². The van der Waals surface area contributed by atoms with Gasteiger partial charge >= 0.3 is 0 Å². The van der Waals surface area contributed by atoms with Crippen LogP contribution in [0.3, 0.4) is 0 Å². The molecule has 0 saturated heterocycles. The lowest BCUT2D eigenvalue weighted by Gasteiger charge is -2.49. The number of halogens is 1. The molecule has 2 atom stereocenters. The van der Waals surface area contributed by atoms with Gasteiger partial charge in [-0.15, -0.1) is 11.6 Å². The van der Waals surface area contributed by atoms with Crippen molar-refractivity contribution in [2.45, 2.75) is 45.2 Å². The summed E-state index contributed by atoms with van der Waals surface area (Å²) in [7, 11) is 0. The van der Waals surface area contributed by atoms with Crippen LogP contribution in [0.25, 0.3) is 0 Å². The zero-order chi connectivity index (χ0) is 11.8. The van der Waals surface area contributed by atoms with Crippen molar-refractivity contribution < 1.29 is 0 Å². The third-order valence-corrected chi connectivity index (χ3v) is 4.56. The maximum absolute atomic E-state index is 6.18. The van der Waals surface area contributed by atoms with Gasteiger partial charge in [-0.1, -0.05) is 13.8 Å². The minimum absolute atomic E-state index is 0.228. The van der Waals surface area contributed by atoms with E-state index in [-0.39, 0.29) is 5.41 Å². The zero-order valence-corrected chi connectivity index (χ0v) is 11.0. The first kappa shape index (κ1) is 11.9. The summed E-state index contributed by atoms with van der Waals surface area (Å²) in [6, 6.07) is 0.554. The molecule has 0 aliphatic heterocycles. The third kappa shape index (κ3) is 2.11. The highest BCUT2D eigenvalue weighted by atomic mass is 35.5. The van der Waals surface area contributed by atoms with E-state index in [0.29, 0.717) is 11.4 Å². The molecule has 1 aromatic heterocycles. The van der Waals surface area contributed by atoms with E-state index in [2.05, 4.69) is 28.7 Å². The summed E-state index contributed by atoms with van der Waals surface area (Å²) < 4.78 is 2.16. The number of aromatic nitrogens is 2. The van der Waals surface area contributed by atoms with Gasteiger partial charge in [0.15, 0.2) is 0 Å². The van der Waals surface area contributed by atoms with Crippen molar-refractivity contribution in [3.8, 4) is 0 Å². The van der Waals surface area contributed by atoms with Crippen LogP contribution in [0.15, 0.2) is 12.4 Å². The van der Waals surface area contributed by atoms with Gasteiger partial charge < -0.3 is 9.88 Å². The van der Waals surface area contributed by atoms with Gasteiger partial charge in [0.2, 0.25) is 0 Å². The molecule has 0 spiro atoms. The number of imidazole rings is 1. The molecule has 0 radical (unpaired) electrons. The van der Waals surface area contributed by atoms with Crippen molar-refractivity contribution in [2.24, 2.45) is 5.41 Å². The number of hydrogen-bond acceptors (Lipinski definition) is 2. The van der Waals surface area contributed by atoms with E-state index >= 15 is 0 Å². The predicted molar refractivity (Wildman–Crippen MR) is 66.8 cm³/mol. The van der Waals surface area contributed by atoms with Crippen molar-refractivity contribution in [1.82, 2.24) is 14.9 Å². The molecule has 16 heavy (non-hydrogen) atoms. The normalized spacial score (nSPS) is 27.8. The molecule has 4 heteroatoms. The first-order valence-corrected chi connectivity index (χ1v) is 6.30. The topological polar surface area (TPSA) is 29.9 Å². The lowest BCUT2D eigenvalue weighted by Crippen LogP contribution is -2.58. The minimum Gasteiger partial charge on any atom is -0.334 e. The Morgan fingerprint density at radius 2 is 2.38 bits per heavy atom. The van der Waals surface area contributed by atoms with Crippen LogP contribution in [0.1, 0.15) is 26.1 Å². The summed E-state index contributed by atoms with van der Waals surface area (Å²) in [6.07, 6.45) is 4.95. The van der Waals surface area contributed by atoms with Crippen molar-refractivity contribution in [2.75, 3.05) is 6.54 Å². The second-order valence-corrected chi connectivity index (χ2v) is 5.73. The number of rotatable bonds is 4. The molecule has 0 bridgehead atoms. The summed E-state index contributed by atoms with van der Waals surface area (Å²) in [5.41, 5.74) is 0.228. The molecule has 1 heterocycles. The van der Waals surface area contributed by atoms with Gasteiger partial charge in [0.25, 0.3) is 0 Å². The van der Waals surface area contributed by atoms with E-state index in [4.69, 9.17) is 11.6 Å². The second-order valence-electron chi connectivity index (χ2n) is 5.20. The summed E-state index contributed by atoms with van der Waals surface area (Å²) in [6.45, 7) is 8.45. The highest BCUT2D eigenvalue weighted by Crippen LogP contribution is 2.44. The monoisotopic (exact) mass is 241 g/mol. The van der Waals surface area contributed by atoms with Crippen LogP contribution in [0, 0.1) is 12.3 Å². The SMILES string of the molecule is Cc1nccn1CCNC1CC(Cl)C1(C)C. The Balaban J connectivity index is 1.76. The molecular weight excluding hydrogens is 222 g/mol. The van der Waals surface area contributed by atoms with E-state index in [9.17, 15) is 0 Å². The van der Waals surface area contributed by atoms with Crippen molar-refractivity contribution in [3.63, 3.8) is 0 Å². The Morgan fingerprint density at radius 3 is 2.88 bits per heavy atom. The maximum Gasteiger partial charge on any atom is 0.105 e.